The molecule has 3 rings (SSSR count). The van der Waals surface area contributed by atoms with Gasteiger partial charge < -0.3 is 26.6 Å². The molecule has 122 valence electrons. The number of quaternary nitrogens is 1. The molecule has 0 spiro atoms. The van der Waals surface area contributed by atoms with Crippen molar-refractivity contribution < 1.29 is 26.6 Å². The Morgan fingerprint density at radius 2 is 1.74 bits per heavy atom. The smallest absolute Gasteiger partial charge is 0.195 e. The summed E-state index contributed by atoms with van der Waals surface area (Å²) in [6.07, 6.45) is -0.457. The van der Waals surface area contributed by atoms with Gasteiger partial charge in [0.1, 0.15) is 6.54 Å². The molecule has 0 saturated carbocycles. The normalized spacial score (nSPS) is 13.0. The van der Waals surface area contributed by atoms with Crippen molar-refractivity contribution in [3.63, 3.8) is 0 Å². The van der Waals surface area contributed by atoms with Crippen LogP contribution in [0, 0.1) is 0 Å². The van der Waals surface area contributed by atoms with Crippen molar-refractivity contribution in [2.24, 2.45) is 0 Å². The molecule has 3 nitrogen and oxygen atoms in total. The first-order valence-corrected chi connectivity index (χ1v) is 8.15. The molecule has 1 aromatic heterocycles. The van der Waals surface area contributed by atoms with Crippen molar-refractivity contribution in [1.82, 2.24) is 0 Å². The summed E-state index contributed by atoms with van der Waals surface area (Å²) in [6, 6.07) is 13.8. The number of nitrogens with zero attached hydrogens (tertiary/aromatic N) is 1. The van der Waals surface area contributed by atoms with Crippen LogP contribution >= 0.6 is 11.3 Å². The van der Waals surface area contributed by atoms with Gasteiger partial charge in [0.2, 0.25) is 0 Å². The fraction of sp³-hybridized carbons (Fsp3) is 0.278. The first-order valence-electron chi connectivity index (χ1n) is 7.34. The standard InChI is InChI=1S/C18H20NO2S.BrH/c1-12(20)19(2,3)11-13-8-9-17-15(10-13)18(21)14-6-4-5-7-16(14)22-17;/h4-10,12,20H,11H2,1-3H3;1H/q+1;/p-1. The summed E-state index contributed by atoms with van der Waals surface area (Å²) in [7, 11) is 3.96. The summed E-state index contributed by atoms with van der Waals surface area (Å²) in [5, 5.41) is 11.4. The zero-order valence-electron chi connectivity index (χ0n) is 13.4. The second-order valence-corrected chi connectivity index (χ2v) is 7.41. The number of hydrogen-bond donors (Lipinski definition) is 1. The van der Waals surface area contributed by atoms with Gasteiger partial charge in [0.25, 0.3) is 0 Å². The molecule has 2 aromatic carbocycles. The lowest BCUT2D eigenvalue weighted by molar-refractivity contribution is -0.946. The average molecular weight is 394 g/mol. The van der Waals surface area contributed by atoms with Gasteiger partial charge in [0.05, 0.1) is 14.1 Å². The molecular weight excluding hydrogens is 374 g/mol. The van der Waals surface area contributed by atoms with Gasteiger partial charge in [0, 0.05) is 32.7 Å². The van der Waals surface area contributed by atoms with Crippen LogP contribution < -0.4 is 22.4 Å². The first-order chi connectivity index (χ1) is 10.4. The number of benzene rings is 2. The second kappa shape index (κ2) is 6.69. The maximum absolute atomic E-state index is 12.7. The van der Waals surface area contributed by atoms with Crippen molar-refractivity contribution >= 4 is 31.5 Å². The number of hydrogen-bond acceptors (Lipinski definition) is 3. The van der Waals surface area contributed by atoms with Crippen molar-refractivity contribution in [3.8, 4) is 0 Å². The summed E-state index contributed by atoms with van der Waals surface area (Å²) >= 11 is 1.64. The Hall–Kier alpha value is -1.27. The van der Waals surface area contributed by atoms with Crippen LogP contribution in [0.1, 0.15) is 12.5 Å². The lowest BCUT2D eigenvalue weighted by Crippen LogP contribution is -3.00. The van der Waals surface area contributed by atoms with Crippen LogP contribution in [0.2, 0.25) is 0 Å². The third-order valence-corrected chi connectivity index (χ3v) is 5.39. The molecule has 3 aromatic rings. The average Bonchev–Trinajstić information content (AvgIpc) is 2.48. The molecule has 0 aliphatic heterocycles. The van der Waals surface area contributed by atoms with Gasteiger partial charge in [-0.1, -0.05) is 18.2 Å². The zero-order valence-corrected chi connectivity index (χ0v) is 15.8. The Kier molecular flexibility index (Phi) is 5.26. The Morgan fingerprint density at radius 3 is 2.43 bits per heavy atom. The molecule has 1 atom stereocenters. The van der Waals surface area contributed by atoms with E-state index in [-0.39, 0.29) is 22.4 Å². The molecule has 0 aliphatic carbocycles. The van der Waals surface area contributed by atoms with Crippen molar-refractivity contribution in [1.29, 1.82) is 0 Å². The molecule has 0 aliphatic rings. The highest BCUT2D eigenvalue weighted by Crippen LogP contribution is 2.26. The lowest BCUT2D eigenvalue weighted by atomic mass is 10.1. The summed E-state index contributed by atoms with van der Waals surface area (Å²) in [4.78, 5) is 12.7. The predicted octanol–water partition coefficient (Wildman–Crippen LogP) is 0.333. The quantitative estimate of drug-likeness (QED) is 0.395. The van der Waals surface area contributed by atoms with Crippen molar-refractivity contribution in [2.45, 2.75) is 19.7 Å². The Balaban J connectivity index is 0.00000192. The van der Waals surface area contributed by atoms with Crippen molar-refractivity contribution in [2.75, 3.05) is 14.1 Å². The number of fused-ring (bicyclic) bond motifs is 2. The molecular formula is C18H20BrNO2S. The molecule has 1 unspecified atom stereocenters. The van der Waals surface area contributed by atoms with E-state index in [1.54, 1.807) is 18.3 Å². The van der Waals surface area contributed by atoms with Gasteiger partial charge in [-0.3, -0.25) is 4.79 Å². The van der Waals surface area contributed by atoms with E-state index in [0.717, 1.165) is 25.7 Å². The van der Waals surface area contributed by atoms with E-state index in [0.29, 0.717) is 11.0 Å². The third-order valence-electron chi connectivity index (χ3n) is 4.24. The lowest BCUT2D eigenvalue weighted by Gasteiger charge is -2.32. The fourth-order valence-corrected chi connectivity index (χ4v) is 3.60. The maximum atomic E-state index is 12.7. The Bertz CT molecular complexity index is 902. The summed E-state index contributed by atoms with van der Waals surface area (Å²) in [5.74, 6) is 0. The zero-order chi connectivity index (χ0) is 15.9. The SMILES string of the molecule is CC(O)[N+](C)(C)Cc1ccc2sc3ccccc3c(=O)c2c1.[Br-]. The van der Waals surface area contributed by atoms with Crippen LogP contribution in [0.15, 0.2) is 47.3 Å². The molecule has 0 amide bonds. The summed E-state index contributed by atoms with van der Waals surface area (Å²) in [6.45, 7) is 2.47. The minimum absolute atomic E-state index is 0. The van der Waals surface area contributed by atoms with E-state index >= 15 is 0 Å². The molecule has 23 heavy (non-hydrogen) atoms. The fourth-order valence-electron chi connectivity index (χ4n) is 2.55. The van der Waals surface area contributed by atoms with Crippen molar-refractivity contribution in [3.05, 3.63) is 58.3 Å². The van der Waals surface area contributed by atoms with E-state index < -0.39 is 6.23 Å². The van der Waals surface area contributed by atoms with Crippen LogP contribution in [-0.4, -0.2) is 29.9 Å². The number of aliphatic hydroxyl groups is 1. The van der Waals surface area contributed by atoms with Gasteiger partial charge in [-0.2, -0.15) is 0 Å². The highest BCUT2D eigenvalue weighted by atomic mass is 79.9. The minimum atomic E-state index is -0.457. The van der Waals surface area contributed by atoms with Crippen LogP contribution in [0.3, 0.4) is 0 Å². The van der Waals surface area contributed by atoms with Crippen LogP contribution in [-0.2, 0) is 6.54 Å². The maximum Gasteiger partial charge on any atom is 0.195 e. The van der Waals surface area contributed by atoms with Gasteiger partial charge in [-0.05, 0) is 24.3 Å². The van der Waals surface area contributed by atoms with Gasteiger partial charge in [0.15, 0.2) is 11.7 Å². The largest absolute Gasteiger partial charge is 1.00 e. The molecule has 0 fully saturated rings. The topological polar surface area (TPSA) is 37.3 Å². The Morgan fingerprint density at radius 1 is 1.09 bits per heavy atom. The molecule has 5 heteroatoms. The van der Waals surface area contributed by atoms with Crippen LogP contribution in [0.25, 0.3) is 20.2 Å². The van der Waals surface area contributed by atoms with Gasteiger partial charge in [-0.25, -0.2) is 0 Å². The van der Waals surface area contributed by atoms with Crippen LogP contribution in [0.5, 0.6) is 0 Å². The van der Waals surface area contributed by atoms with Gasteiger partial charge in [-0.15, -0.1) is 11.3 Å². The predicted molar refractivity (Wildman–Crippen MR) is 93.1 cm³/mol. The monoisotopic (exact) mass is 393 g/mol. The van der Waals surface area contributed by atoms with Crippen LogP contribution in [0.4, 0.5) is 0 Å². The summed E-state index contributed by atoms with van der Waals surface area (Å²) < 4.78 is 2.50. The number of halogens is 1. The molecule has 0 bridgehead atoms. The van der Waals surface area contributed by atoms with E-state index in [1.165, 1.54) is 0 Å². The third kappa shape index (κ3) is 3.48. The van der Waals surface area contributed by atoms with E-state index in [9.17, 15) is 9.90 Å². The van der Waals surface area contributed by atoms with E-state index in [4.69, 9.17) is 0 Å². The molecule has 1 N–H and O–H groups in total. The number of rotatable bonds is 3. The number of aliphatic hydroxyl groups excluding tert-OH is 1. The second-order valence-electron chi connectivity index (χ2n) is 6.33. The highest BCUT2D eigenvalue weighted by molar-refractivity contribution is 7.24. The minimum Gasteiger partial charge on any atom is -1.00 e. The molecule has 0 saturated heterocycles. The van der Waals surface area contributed by atoms with E-state index in [1.807, 2.05) is 50.5 Å². The summed E-state index contributed by atoms with van der Waals surface area (Å²) in [5.41, 5.74) is 1.16. The van der Waals surface area contributed by atoms with E-state index in [2.05, 4.69) is 6.07 Å². The molecule has 0 radical (unpaired) electrons. The first kappa shape index (κ1) is 18.1. The molecule has 1 heterocycles. The van der Waals surface area contributed by atoms with Gasteiger partial charge >= 0.3 is 0 Å². The Labute approximate surface area is 150 Å². The highest BCUT2D eigenvalue weighted by Gasteiger charge is 2.22.